The average Bonchev–Trinajstić information content (AvgIpc) is 2.43. The van der Waals surface area contributed by atoms with Crippen LogP contribution in [0.5, 0.6) is 5.75 Å². The Hall–Kier alpha value is -1.74. The first-order valence-electron chi connectivity index (χ1n) is 6.18. The number of pyridine rings is 1. The van der Waals surface area contributed by atoms with Crippen LogP contribution in [0.3, 0.4) is 0 Å². The lowest BCUT2D eigenvalue weighted by Gasteiger charge is -2.13. The molecule has 3 nitrogen and oxygen atoms in total. The largest absolute Gasteiger partial charge is 0.495 e. The number of rotatable bonds is 5. The highest BCUT2D eigenvalue weighted by Crippen LogP contribution is 2.30. The van der Waals surface area contributed by atoms with Crippen LogP contribution in [0.4, 0.5) is 5.69 Å². The second-order valence-electron chi connectivity index (χ2n) is 4.30. The van der Waals surface area contributed by atoms with Crippen LogP contribution in [0.1, 0.15) is 11.3 Å². The quantitative estimate of drug-likeness (QED) is 0.904. The van der Waals surface area contributed by atoms with Gasteiger partial charge in [-0.3, -0.25) is 4.98 Å². The Kier molecular flexibility index (Phi) is 4.63. The molecule has 1 aromatic heterocycles. The van der Waals surface area contributed by atoms with Crippen LogP contribution >= 0.6 is 11.6 Å². The lowest BCUT2D eigenvalue weighted by Crippen LogP contribution is -2.07. The Balaban J connectivity index is 2.01. The zero-order chi connectivity index (χ0) is 13.7. The number of halogens is 1. The van der Waals surface area contributed by atoms with Crippen LogP contribution in [0.15, 0.2) is 36.5 Å². The van der Waals surface area contributed by atoms with Crippen molar-refractivity contribution in [3.8, 4) is 5.75 Å². The van der Waals surface area contributed by atoms with Gasteiger partial charge in [0.15, 0.2) is 0 Å². The third-order valence-corrected chi connectivity index (χ3v) is 3.31. The Labute approximate surface area is 118 Å². The SMILES string of the molecule is COc1cc(Cl)c(C)cc1NCCc1ccccn1. The maximum Gasteiger partial charge on any atom is 0.143 e. The molecule has 0 bridgehead atoms. The lowest BCUT2D eigenvalue weighted by molar-refractivity contribution is 0.416. The van der Waals surface area contributed by atoms with Crippen LogP contribution in [0, 0.1) is 6.92 Å². The topological polar surface area (TPSA) is 34.1 Å². The van der Waals surface area contributed by atoms with Gasteiger partial charge in [0, 0.05) is 35.9 Å². The molecule has 1 aromatic carbocycles. The van der Waals surface area contributed by atoms with E-state index in [1.165, 1.54) is 0 Å². The molecule has 1 heterocycles. The zero-order valence-corrected chi connectivity index (χ0v) is 11.9. The Morgan fingerprint density at radius 3 is 2.84 bits per heavy atom. The smallest absolute Gasteiger partial charge is 0.143 e. The molecule has 0 saturated carbocycles. The average molecular weight is 277 g/mol. The molecule has 2 rings (SSSR count). The van der Waals surface area contributed by atoms with Crippen LogP contribution in [0.25, 0.3) is 0 Å². The summed E-state index contributed by atoms with van der Waals surface area (Å²) < 4.78 is 5.32. The predicted molar refractivity (Wildman–Crippen MR) is 79.2 cm³/mol. The summed E-state index contributed by atoms with van der Waals surface area (Å²) in [7, 11) is 1.64. The minimum Gasteiger partial charge on any atom is -0.495 e. The van der Waals surface area contributed by atoms with Gasteiger partial charge in [-0.1, -0.05) is 17.7 Å². The van der Waals surface area contributed by atoms with E-state index >= 15 is 0 Å². The molecule has 0 saturated heterocycles. The van der Waals surface area contributed by atoms with Gasteiger partial charge in [0.2, 0.25) is 0 Å². The lowest BCUT2D eigenvalue weighted by atomic mass is 10.2. The summed E-state index contributed by atoms with van der Waals surface area (Å²) in [6.45, 7) is 2.78. The predicted octanol–water partition coefficient (Wildman–Crippen LogP) is 3.71. The van der Waals surface area contributed by atoms with E-state index in [2.05, 4.69) is 10.3 Å². The van der Waals surface area contributed by atoms with Crippen molar-refractivity contribution in [2.75, 3.05) is 19.0 Å². The second kappa shape index (κ2) is 6.43. The number of nitrogens with zero attached hydrogens (tertiary/aromatic N) is 1. The number of aryl methyl sites for hydroxylation is 1. The van der Waals surface area contributed by atoms with Gasteiger partial charge < -0.3 is 10.1 Å². The van der Waals surface area contributed by atoms with Crippen molar-refractivity contribution in [1.82, 2.24) is 4.98 Å². The monoisotopic (exact) mass is 276 g/mol. The highest BCUT2D eigenvalue weighted by molar-refractivity contribution is 6.31. The molecule has 0 radical (unpaired) electrons. The summed E-state index contributed by atoms with van der Waals surface area (Å²) in [5.41, 5.74) is 3.06. The van der Waals surface area contributed by atoms with E-state index in [-0.39, 0.29) is 0 Å². The molecule has 0 unspecified atom stereocenters. The van der Waals surface area contributed by atoms with Crippen LogP contribution < -0.4 is 10.1 Å². The van der Waals surface area contributed by atoms with Gasteiger partial charge in [-0.15, -0.1) is 0 Å². The van der Waals surface area contributed by atoms with Gasteiger partial charge in [-0.25, -0.2) is 0 Å². The van der Waals surface area contributed by atoms with Crippen molar-refractivity contribution in [2.24, 2.45) is 0 Å². The van der Waals surface area contributed by atoms with E-state index < -0.39 is 0 Å². The summed E-state index contributed by atoms with van der Waals surface area (Å²) >= 11 is 6.08. The highest BCUT2D eigenvalue weighted by Gasteiger charge is 2.06. The fourth-order valence-electron chi connectivity index (χ4n) is 1.84. The molecule has 0 aliphatic carbocycles. The Morgan fingerprint density at radius 2 is 2.16 bits per heavy atom. The van der Waals surface area contributed by atoms with E-state index in [0.29, 0.717) is 5.02 Å². The Morgan fingerprint density at radius 1 is 1.32 bits per heavy atom. The summed E-state index contributed by atoms with van der Waals surface area (Å²) in [4.78, 5) is 4.29. The minimum absolute atomic E-state index is 0.715. The molecule has 0 spiro atoms. The molecular weight excluding hydrogens is 260 g/mol. The van der Waals surface area contributed by atoms with Gasteiger partial charge in [-0.05, 0) is 30.7 Å². The van der Waals surface area contributed by atoms with Crippen molar-refractivity contribution in [3.63, 3.8) is 0 Å². The molecule has 4 heteroatoms. The highest BCUT2D eigenvalue weighted by atomic mass is 35.5. The molecule has 100 valence electrons. The van der Waals surface area contributed by atoms with Gasteiger partial charge in [0.25, 0.3) is 0 Å². The minimum atomic E-state index is 0.715. The van der Waals surface area contributed by atoms with Gasteiger partial charge in [-0.2, -0.15) is 0 Å². The first-order valence-corrected chi connectivity index (χ1v) is 6.56. The van der Waals surface area contributed by atoms with Crippen molar-refractivity contribution in [1.29, 1.82) is 0 Å². The third-order valence-electron chi connectivity index (χ3n) is 2.90. The van der Waals surface area contributed by atoms with Crippen molar-refractivity contribution >= 4 is 17.3 Å². The second-order valence-corrected chi connectivity index (χ2v) is 4.71. The molecule has 0 fully saturated rings. The van der Waals surface area contributed by atoms with Gasteiger partial charge in [0.05, 0.1) is 12.8 Å². The van der Waals surface area contributed by atoms with Gasteiger partial charge in [0.1, 0.15) is 5.75 Å². The molecular formula is C15H17ClN2O. The number of nitrogens with one attached hydrogen (secondary N) is 1. The Bertz CT molecular complexity index is 543. The van der Waals surface area contributed by atoms with E-state index in [9.17, 15) is 0 Å². The van der Waals surface area contributed by atoms with Crippen molar-refractivity contribution in [2.45, 2.75) is 13.3 Å². The number of ether oxygens (including phenoxy) is 1. The van der Waals surface area contributed by atoms with E-state index in [1.807, 2.05) is 43.5 Å². The van der Waals surface area contributed by atoms with E-state index in [1.54, 1.807) is 7.11 Å². The summed E-state index contributed by atoms with van der Waals surface area (Å²) in [5.74, 6) is 0.761. The molecule has 0 aliphatic rings. The van der Waals surface area contributed by atoms with Crippen LogP contribution in [0.2, 0.25) is 5.02 Å². The maximum atomic E-state index is 6.08. The number of benzene rings is 1. The molecule has 0 atom stereocenters. The standard InChI is InChI=1S/C15H17ClN2O/c1-11-9-14(15(19-2)10-13(11)16)18-8-6-12-5-3-4-7-17-12/h3-5,7,9-10,18H,6,8H2,1-2H3. The normalized spacial score (nSPS) is 10.3. The summed E-state index contributed by atoms with van der Waals surface area (Å²) in [6, 6.07) is 9.77. The van der Waals surface area contributed by atoms with E-state index in [0.717, 1.165) is 35.7 Å². The van der Waals surface area contributed by atoms with Crippen LogP contribution in [-0.4, -0.2) is 18.6 Å². The van der Waals surface area contributed by atoms with Crippen LogP contribution in [-0.2, 0) is 6.42 Å². The first-order chi connectivity index (χ1) is 9.20. The number of hydrogen-bond donors (Lipinski definition) is 1. The summed E-state index contributed by atoms with van der Waals surface area (Å²) in [5, 5.41) is 4.07. The molecule has 1 N–H and O–H groups in total. The fraction of sp³-hybridized carbons (Fsp3) is 0.267. The molecule has 2 aromatic rings. The zero-order valence-electron chi connectivity index (χ0n) is 11.1. The number of anilines is 1. The maximum absolute atomic E-state index is 6.08. The molecule has 0 aliphatic heterocycles. The fourth-order valence-corrected chi connectivity index (χ4v) is 2.00. The van der Waals surface area contributed by atoms with Crippen molar-refractivity contribution < 1.29 is 4.74 Å². The number of hydrogen-bond acceptors (Lipinski definition) is 3. The number of methoxy groups -OCH3 is 1. The van der Waals surface area contributed by atoms with E-state index in [4.69, 9.17) is 16.3 Å². The first kappa shape index (κ1) is 13.7. The summed E-state index contributed by atoms with van der Waals surface area (Å²) in [6.07, 6.45) is 2.67. The third kappa shape index (κ3) is 3.61. The molecule has 19 heavy (non-hydrogen) atoms. The number of aromatic nitrogens is 1. The van der Waals surface area contributed by atoms with Crippen molar-refractivity contribution in [3.05, 3.63) is 52.8 Å². The van der Waals surface area contributed by atoms with Gasteiger partial charge >= 0.3 is 0 Å². The molecule has 0 amide bonds.